The first-order valence-corrected chi connectivity index (χ1v) is 16.5. The maximum absolute atomic E-state index is 13.9. The molecule has 6 rings (SSSR count). The SMILES string of the molecule is NS(=O)(=O)c1ccc(NC(=O)Cn2c3c(sc2=O)[C@H](c2ccc(F)cc2)C2C(=O)N(c4cccc(C(F)(F)F)c4)C(=O)C2S3)cc1. The van der Waals surface area contributed by atoms with E-state index in [-0.39, 0.29) is 21.3 Å². The Kier molecular flexibility index (Phi) is 7.90. The molecule has 0 saturated carbocycles. The van der Waals surface area contributed by atoms with Crippen LogP contribution in [0.3, 0.4) is 0 Å². The van der Waals surface area contributed by atoms with Crippen molar-refractivity contribution in [3.8, 4) is 0 Å². The van der Waals surface area contributed by atoms with Crippen LogP contribution < -0.4 is 20.2 Å². The maximum atomic E-state index is 13.9. The fourth-order valence-electron chi connectivity index (χ4n) is 5.43. The van der Waals surface area contributed by atoms with Gasteiger partial charge in [-0.05, 0) is 60.2 Å². The first-order valence-electron chi connectivity index (χ1n) is 13.3. The third-order valence-electron chi connectivity index (χ3n) is 7.48. The van der Waals surface area contributed by atoms with Crippen LogP contribution in [0.4, 0.5) is 28.9 Å². The average molecular weight is 693 g/mol. The van der Waals surface area contributed by atoms with Gasteiger partial charge in [-0.2, -0.15) is 13.2 Å². The summed E-state index contributed by atoms with van der Waals surface area (Å²) in [5, 5.41) is 6.67. The normalized spacial score (nSPS) is 19.6. The molecule has 3 N–H and O–H groups in total. The molecule has 0 bridgehead atoms. The number of sulfonamides is 1. The van der Waals surface area contributed by atoms with Crippen LogP contribution in [0.25, 0.3) is 0 Å². The van der Waals surface area contributed by atoms with E-state index < -0.39 is 73.8 Å². The lowest BCUT2D eigenvalue weighted by Crippen LogP contribution is -2.33. The number of fused-ring (bicyclic) bond motifs is 2. The van der Waals surface area contributed by atoms with Gasteiger partial charge in [0.05, 0.1) is 27.1 Å². The Morgan fingerprint density at radius 3 is 2.26 bits per heavy atom. The fourth-order valence-corrected chi connectivity index (χ4v) is 8.72. The van der Waals surface area contributed by atoms with E-state index >= 15 is 0 Å². The maximum Gasteiger partial charge on any atom is 0.416 e. The summed E-state index contributed by atoms with van der Waals surface area (Å²) in [6.07, 6.45) is -4.73. The van der Waals surface area contributed by atoms with E-state index in [2.05, 4.69) is 5.32 Å². The van der Waals surface area contributed by atoms with Gasteiger partial charge in [0.2, 0.25) is 27.7 Å². The number of nitrogens with two attached hydrogens (primary N) is 1. The van der Waals surface area contributed by atoms with Gasteiger partial charge in [0.1, 0.15) is 17.6 Å². The summed E-state index contributed by atoms with van der Waals surface area (Å²) < 4.78 is 78.5. The summed E-state index contributed by atoms with van der Waals surface area (Å²) in [5.74, 6) is -4.95. The standard InChI is InChI=1S/C29H20F4N4O6S3/c30-16-6-4-14(5-7-16)21-22-23(26(40)37(25(22)39)18-3-1-2-15(12-18)29(31,32)33)44-27-24(21)45-28(41)36(27)13-20(38)35-17-8-10-19(11-9-17)46(34,42)43/h1-12,21-23H,13H2,(H,35,38)(H2,34,42,43)/t21-,22?,23?/m1/s1. The molecule has 0 radical (unpaired) electrons. The number of carbonyl (C=O) groups excluding carboxylic acids is 3. The topological polar surface area (TPSA) is 149 Å². The van der Waals surface area contributed by atoms with Crippen molar-refractivity contribution in [2.24, 2.45) is 11.1 Å². The molecule has 2 aliphatic heterocycles. The van der Waals surface area contributed by atoms with Crippen molar-refractivity contribution in [1.82, 2.24) is 4.57 Å². The molecule has 46 heavy (non-hydrogen) atoms. The number of alkyl halides is 3. The van der Waals surface area contributed by atoms with Gasteiger partial charge in [0, 0.05) is 16.5 Å². The third-order valence-corrected chi connectivity index (χ3v) is 11.0. The molecule has 3 atom stereocenters. The number of thioether (sulfide) groups is 1. The Labute approximate surface area is 265 Å². The van der Waals surface area contributed by atoms with Gasteiger partial charge in [0.25, 0.3) is 0 Å². The van der Waals surface area contributed by atoms with Crippen molar-refractivity contribution in [3.63, 3.8) is 0 Å². The highest BCUT2D eigenvalue weighted by molar-refractivity contribution is 8.00. The minimum Gasteiger partial charge on any atom is -0.325 e. The second kappa shape index (κ2) is 11.5. The fraction of sp³-hybridized carbons (Fsp3) is 0.172. The molecule has 2 aliphatic rings. The van der Waals surface area contributed by atoms with Crippen LogP contribution in [0.1, 0.15) is 21.9 Å². The molecule has 0 aliphatic carbocycles. The predicted octanol–water partition coefficient (Wildman–Crippen LogP) is 4.15. The van der Waals surface area contributed by atoms with Gasteiger partial charge in [-0.25, -0.2) is 22.8 Å². The number of carbonyl (C=O) groups is 3. The van der Waals surface area contributed by atoms with Gasteiger partial charge in [-0.3, -0.25) is 23.7 Å². The number of nitrogens with one attached hydrogen (secondary N) is 1. The Bertz CT molecular complexity index is 2060. The molecule has 3 heterocycles. The minimum absolute atomic E-state index is 0.179. The number of hydrogen-bond acceptors (Lipinski definition) is 8. The third kappa shape index (κ3) is 5.74. The number of hydrogen-bond donors (Lipinski definition) is 2. The van der Waals surface area contributed by atoms with Crippen LogP contribution in [0.2, 0.25) is 0 Å². The molecule has 17 heteroatoms. The highest BCUT2D eigenvalue weighted by Gasteiger charge is 2.57. The number of nitrogens with zero attached hydrogens (tertiary/aromatic N) is 2. The second-order valence-corrected chi connectivity index (χ2v) is 14.1. The molecule has 238 valence electrons. The summed E-state index contributed by atoms with van der Waals surface area (Å²) in [5.41, 5.74) is -0.731. The molecule has 1 saturated heterocycles. The second-order valence-electron chi connectivity index (χ2n) is 10.4. The number of rotatable bonds is 6. The number of primary sulfonamides is 1. The van der Waals surface area contributed by atoms with Gasteiger partial charge >= 0.3 is 11.0 Å². The van der Waals surface area contributed by atoms with Gasteiger partial charge < -0.3 is 5.32 Å². The number of anilines is 2. The van der Waals surface area contributed by atoms with Crippen molar-refractivity contribution in [1.29, 1.82) is 0 Å². The Morgan fingerprint density at radius 2 is 1.63 bits per heavy atom. The van der Waals surface area contributed by atoms with Crippen LogP contribution in [-0.2, 0) is 37.1 Å². The molecular formula is C29H20F4N4O6S3. The Balaban J connectivity index is 1.37. The van der Waals surface area contributed by atoms with Gasteiger partial charge in [0.15, 0.2) is 0 Å². The van der Waals surface area contributed by atoms with E-state index in [1.165, 1.54) is 42.5 Å². The molecule has 10 nitrogen and oxygen atoms in total. The molecule has 0 spiro atoms. The molecule has 4 aromatic rings. The molecular weight excluding hydrogens is 673 g/mol. The van der Waals surface area contributed by atoms with E-state index in [4.69, 9.17) is 5.14 Å². The molecule has 2 unspecified atom stereocenters. The Hall–Kier alpha value is -4.32. The van der Waals surface area contributed by atoms with Crippen molar-refractivity contribution in [2.45, 2.75) is 33.8 Å². The number of amides is 3. The summed E-state index contributed by atoms with van der Waals surface area (Å²) in [6, 6.07) is 13.9. The van der Waals surface area contributed by atoms with Crippen LogP contribution in [0.5, 0.6) is 0 Å². The highest BCUT2D eigenvalue weighted by atomic mass is 32.2. The van der Waals surface area contributed by atoms with Crippen LogP contribution in [0.15, 0.2) is 87.5 Å². The molecule has 3 aromatic carbocycles. The zero-order chi connectivity index (χ0) is 33.1. The number of halogens is 4. The monoisotopic (exact) mass is 692 g/mol. The average Bonchev–Trinajstić information content (AvgIpc) is 3.43. The number of aromatic nitrogens is 1. The van der Waals surface area contributed by atoms with Crippen molar-refractivity contribution >= 4 is 62.2 Å². The van der Waals surface area contributed by atoms with Crippen LogP contribution in [-0.4, -0.2) is 36.0 Å². The number of benzene rings is 3. The first-order chi connectivity index (χ1) is 21.6. The van der Waals surface area contributed by atoms with E-state index in [1.54, 1.807) is 0 Å². The lowest BCUT2D eigenvalue weighted by Gasteiger charge is -2.30. The smallest absolute Gasteiger partial charge is 0.325 e. The zero-order valence-electron chi connectivity index (χ0n) is 23.0. The largest absolute Gasteiger partial charge is 0.416 e. The zero-order valence-corrected chi connectivity index (χ0v) is 25.5. The first kappa shape index (κ1) is 31.7. The van der Waals surface area contributed by atoms with Crippen molar-refractivity contribution in [3.05, 3.63) is 104 Å². The number of thiazole rings is 1. The van der Waals surface area contributed by atoms with E-state index in [9.17, 15) is 45.2 Å². The molecule has 1 aromatic heterocycles. The summed E-state index contributed by atoms with van der Waals surface area (Å²) in [4.78, 5) is 54.1. The summed E-state index contributed by atoms with van der Waals surface area (Å²) in [6.45, 7) is -0.526. The van der Waals surface area contributed by atoms with Gasteiger partial charge in [-0.15, -0.1) is 0 Å². The quantitative estimate of drug-likeness (QED) is 0.228. The van der Waals surface area contributed by atoms with Crippen LogP contribution >= 0.6 is 23.1 Å². The van der Waals surface area contributed by atoms with E-state index in [0.29, 0.717) is 21.4 Å². The lowest BCUT2D eigenvalue weighted by atomic mass is 9.83. The predicted molar refractivity (Wildman–Crippen MR) is 160 cm³/mol. The van der Waals surface area contributed by atoms with Crippen molar-refractivity contribution < 1.29 is 40.4 Å². The number of imide groups is 1. The van der Waals surface area contributed by atoms with E-state index in [1.807, 2.05) is 0 Å². The minimum atomic E-state index is -4.73. The summed E-state index contributed by atoms with van der Waals surface area (Å²) >= 11 is 1.59. The molecule has 1 fully saturated rings. The lowest BCUT2D eigenvalue weighted by molar-refractivity contribution is -0.137. The Morgan fingerprint density at radius 1 is 0.957 bits per heavy atom. The van der Waals surface area contributed by atoms with E-state index in [0.717, 1.165) is 51.9 Å². The molecule has 3 amide bonds. The highest BCUT2D eigenvalue weighted by Crippen LogP contribution is 2.54. The summed E-state index contributed by atoms with van der Waals surface area (Å²) in [7, 11) is -3.97. The van der Waals surface area contributed by atoms with Crippen LogP contribution in [0, 0.1) is 11.7 Å². The van der Waals surface area contributed by atoms with Crippen molar-refractivity contribution in [2.75, 3.05) is 10.2 Å². The van der Waals surface area contributed by atoms with Gasteiger partial charge in [-0.1, -0.05) is 41.3 Å².